The third-order valence-electron chi connectivity index (χ3n) is 4.98. The van der Waals surface area contributed by atoms with E-state index in [9.17, 15) is 4.79 Å². The number of hydrogen-bond donors (Lipinski definition) is 1. The molecule has 2 aliphatic heterocycles. The lowest BCUT2D eigenvalue weighted by atomic mass is 9.96. The van der Waals surface area contributed by atoms with Crippen molar-refractivity contribution in [2.24, 2.45) is 13.0 Å². The molecular weight excluding hydrogens is 296 g/mol. The van der Waals surface area contributed by atoms with Crippen LogP contribution in [0.2, 0.25) is 0 Å². The zero-order chi connectivity index (χ0) is 16.2. The molecule has 0 radical (unpaired) electrons. The highest BCUT2D eigenvalue weighted by Gasteiger charge is 2.32. The average Bonchev–Trinajstić information content (AvgIpc) is 3.20. The largest absolute Gasteiger partial charge is 0.381 e. The highest BCUT2D eigenvalue weighted by Crippen LogP contribution is 2.22. The van der Waals surface area contributed by atoms with Crippen LogP contribution >= 0.6 is 0 Å². The van der Waals surface area contributed by atoms with Crippen molar-refractivity contribution >= 4 is 5.91 Å². The van der Waals surface area contributed by atoms with Crippen LogP contribution in [0, 0.1) is 12.8 Å². The molecule has 0 aliphatic carbocycles. The van der Waals surface area contributed by atoms with E-state index >= 15 is 0 Å². The second-order valence-electron chi connectivity index (χ2n) is 6.32. The van der Waals surface area contributed by atoms with Gasteiger partial charge in [-0.2, -0.15) is 5.10 Å². The Labute approximate surface area is 136 Å². The van der Waals surface area contributed by atoms with Gasteiger partial charge in [-0.25, -0.2) is 0 Å². The number of aromatic nitrogens is 2. The first kappa shape index (κ1) is 16.4. The van der Waals surface area contributed by atoms with Crippen LogP contribution in [0.1, 0.15) is 22.5 Å². The molecule has 128 valence electrons. The Morgan fingerprint density at radius 1 is 1.39 bits per heavy atom. The van der Waals surface area contributed by atoms with Gasteiger partial charge in [-0.1, -0.05) is 0 Å². The van der Waals surface area contributed by atoms with E-state index in [2.05, 4.69) is 15.3 Å². The fourth-order valence-corrected chi connectivity index (χ4v) is 3.37. The van der Waals surface area contributed by atoms with Crippen LogP contribution < -0.4 is 5.32 Å². The predicted octanol–water partition coefficient (Wildman–Crippen LogP) is 0.196. The minimum absolute atomic E-state index is 0.0484. The van der Waals surface area contributed by atoms with Crippen molar-refractivity contribution in [2.45, 2.75) is 19.4 Å². The number of hydrogen-bond acceptors (Lipinski definition) is 5. The van der Waals surface area contributed by atoms with E-state index in [-0.39, 0.29) is 5.91 Å². The van der Waals surface area contributed by atoms with Crippen molar-refractivity contribution in [1.29, 1.82) is 0 Å². The van der Waals surface area contributed by atoms with E-state index < -0.39 is 0 Å². The Morgan fingerprint density at radius 2 is 2.17 bits per heavy atom. The minimum Gasteiger partial charge on any atom is -0.381 e. The number of amides is 1. The molecule has 23 heavy (non-hydrogen) atoms. The molecule has 1 amide bonds. The van der Waals surface area contributed by atoms with E-state index in [1.165, 1.54) is 0 Å². The van der Waals surface area contributed by atoms with Gasteiger partial charge in [0.1, 0.15) is 0 Å². The number of carbonyl (C=O) groups excluding carboxylic acids is 1. The molecule has 0 unspecified atom stereocenters. The summed E-state index contributed by atoms with van der Waals surface area (Å²) in [4.78, 5) is 14.9. The molecule has 1 N–H and O–H groups in total. The first-order chi connectivity index (χ1) is 11.2. The summed E-state index contributed by atoms with van der Waals surface area (Å²) in [5.41, 5.74) is 1.53. The molecule has 7 nitrogen and oxygen atoms in total. The van der Waals surface area contributed by atoms with E-state index in [0.717, 1.165) is 51.6 Å². The maximum absolute atomic E-state index is 12.4. The van der Waals surface area contributed by atoms with Gasteiger partial charge in [0.2, 0.25) is 0 Å². The Kier molecular flexibility index (Phi) is 5.30. The predicted molar refractivity (Wildman–Crippen MR) is 85.4 cm³/mol. The Bertz CT molecular complexity index is 533. The number of nitrogens with one attached hydrogen (secondary N) is 1. The summed E-state index contributed by atoms with van der Waals surface area (Å²) in [6, 6.07) is 0.308. The maximum atomic E-state index is 12.4. The molecule has 0 spiro atoms. The number of morpholine rings is 1. The normalized spacial score (nSPS) is 23.8. The van der Waals surface area contributed by atoms with Gasteiger partial charge in [-0.3, -0.25) is 14.4 Å². The number of ether oxygens (including phenoxy) is 2. The molecule has 2 atom stereocenters. The third kappa shape index (κ3) is 3.73. The number of aryl methyl sites for hydroxylation is 1. The molecule has 2 saturated heterocycles. The lowest BCUT2D eigenvalue weighted by molar-refractivity contribution is 0.00166. The maximum Gasteiger partial charge on any atom is 0.254 e. The molecule has 1 aromatic heterocycles. The van der Waals surface area contributed by atoms with E-state index in [1.807, 2.05) is 14.0 Å². The van der Waals surface area contributed by atoms with Crippen LogP contribution in [0.4, 0.5) is 0 Å². The number of rotatable bonds is 5. The second kappa shape index (κ2) is 7.42. The average molecular weight is 322 g/mol. The standard InChI is InChI=1S/C16H26N4O3/c1-12-14(9-18-19(12)2)16(21)17-10-15(13-3-6-23-11-13)20-4-7-22-8-5-20/h9,13,15H,3-8,10-11H2,1-2H3,(H,17,21)/t13-,15-/m0/s1. The highest BCUT2D eigenvalue weighted by atomic mass is 16.5. The minimum atomic E-state index is -0.0484. The molecule has 2 fully saturated rings. The van der Waals surface area contributed by atoms with Crippen molar-refractivity contribution in [3.8, 4) is 0 Å². The molecule has 0 bridgehead atoms. The van der Waals surface area contributed by atoms with Gasteiger partial charge in [0.05, 0.1) is 31.6 Å². The molecule has 3 heterocycles. The molecule has 1 aromatic rings. The summed E-state index contributed by atoms with van der Waals surface area (Å²) in [6.45, 7) is 7.52. The van der Waals surface area contributed by atoms with Gasteiger partial charge in [-0.15, -0.1) is 0 Å². The molecule has 3 rings (SSSR count). The van der Waals surface area contributed by atoms with Gasteiger partial charge in [-0.05, 0) is 13.3 Å². The monoisotopic (exact) mass is 322 g/mol. The smallest absolute Gasteiger partial charge is 0.254 e. The van der Waals surface area contributed by atoms with Gasteiger partial charge in [0, 0.05) is 50.9 Å². The quantitative estimate of drug-likeness (QED) is 0.838. The van der Waals surface area contributed by atoms with Crippen LogP contribution in [0.25, 0.3) is 0 Å². The Morgan fingerprint density at radius 3 is 2.78 bits per heavy atom. The van der Waals surface area contributed by atoms with Gasteiger partial charge in [0.25, 0.3) is 5.91 Å². The summed E-state index contributed by atoms with van der Waals surface area (Å²) in [5, 5.41) is 7.24. The van der Waals surface area contributed by atoms with Crippen LogP contribution in [-0.2, 0) is 16.5 Å². The van der Waals surface area contributed by atoms with Gasteiger partial charge >= 0.3 is 0 Å². The van der Waals surface area contributed by atoms with E-state index in [0.29, 0.717) is 24.1 Å². The number of carbonyl (C=O) groups is 1. The first-order valence-corrected chi connectivity index (χ1v) is 8.33. The lowest BCUT2D eigenvalue weighted by Crippen LogP contribution is -2.52. The van der Waals surface area contributed by atoms with E-state index in [1.54, 1.807) is 10.9 Å². The van der Waals surface area contributed by atoms with Crippen molar-refractivity contribution in [3.63, 3.8) is 0 Å². The summed E-state index contributed by atoms with van der Waals surface area (Å²) < 4.78 is 12.7. The fourth-order valence-electron chi connectivity index (χ4n) is 3.37. The molecule has 0 saturated carbocycles. The van der Waals surface area contributed by atoms with Crippen molar-refractivity contribution < 1.29 is 14.3 Å². The lowest BCUT2D eigenvalue weighted by Gasteiger charge is -2.37. The Hall–Kier alpha value is -1.44. The van der Waals surface area contributed by atoms with Crippen LogP contribution in [0.15, 0.2) is 6.20 Å². The summed E-state index contributed by atoms with van der Waals surface area (Å²) >= 11 is 0. The van der Waals surface area contributed by atoms with Crippen molar-refractivity contribution in [1.82, 2.24) is 20.0 Å². The number of nitrogens with zero attached hydrogens (tertiary/aromatic N) is 3. The second-order valence-corrected chi connectivity index (χ2v) is 6.32. The summed E-state index contributed by atoms with van der Waals surface area (Å²) in [7, 11) is 1.85. The highest BCUT2D eigenvalue weighted by molar-refractivity contribution is 5.95. The van der Waals surface area contributed by atoms with Gasteiger partial charge in [0.15, 0.2) is 0 Å². The third-order valence-corrected chi connectivity index (χ3v) is 4.98. The summed E-state index contributed by atoms with van der Waals surface area (Å²) in [5.74, 6) is 0.427. The van der Waals surface area contributed by atoms with Crippen molar-refractivity contribution in [3.05, 3.63) is 17.5 Å². The van der Waals surface area contributed by atoms with E-state index in [4.69, 9.17) is 9.47 Å². The van der Waals surface area contributed by atoms with Gasteiger partial charge < -0.3 is 14.8 Å². The van der Waals surface area contributed by atoms with Crippen LogP contribution in [0.3, 0.4) is 0 Å². The summed E-state index contributed by atoms with van der Waals surface area (Å²) in [6.07, 6.45) is 2.69. The van der Waals surface area contributed by atoms with Crippen molar-refractivity contribution in [2.75, 3.05) is 46.1 Å². The molecule has 7 heteroatoms. The zero-order valence-corrected chi connectivity index (χ0v) is 14.0. The Balaban J connectivity index is 1.63. The zero-order valence-electron chi connectivity index (χ0n) is 14.0. The topological polar surface area (TPSA) is 68.6 Å². The van der Waals surface area contributed by atoms with Crippen LogP contribution in [0.5, 0.6) is 0 Å². The SMILES string of the molecule is Cc1c(C(=O)NC[C@@H]([C@H]2CCOC2)N2CCOCC2)cnn1C. The first-order valence-electron chi connectivity index (χ1n) is 8.33. The molecule has 0 aromatic carbocycles. The fraction of sp³-hybridized carbons (Fsp3) is 0.750. The molecule has 2 aliphatic rings. The van der Waals surface area contributed by atoms with Crippen LogP contribution in [-0.4, -0.2) is 72.7 Å². The molecular formula is C16H26N4O3.